The minimum atomic E-state index is -0.967. The Kier molecular flexibility index (Phi) is 7.90. The van der Waals surface area contributed by atoms with Crippen LogP contribution in [0.15, 0.2) is 53.3 Å². The van der Waals surface area contributed by atoms with Crippen LogP contribution >= 0.6 is 0 Å². The lowest BCUT2D eigenvalue weighted by molar-refractivity contribution is -0.122. The maximum atomic E-state index is 13.6. The second kappa shape index (κ2) is 11.0. The quantitative estimate of drug-likeness (QED) is 0.356. The number of nitrogens with one attached hydrogen (secondary N) is 3. The molecule has 174 valence electrons. The molecule has 3 aromatic rings. The SMILES string of the molecule is CCCCCn1nc(-c2ccccc2)n(CC(=O)NNC(=O)Nc2ccc(F)cc2F)c1=O. The zero-order valence-electron chi connectivity index (χ0n) is 18.0. The van der Waals surface area contributed by atoms with Gasteiger partial charge in [0, 0.05) is 18.2 Å². The van der Waals surface area contributed by atoms with E-state index in [0.717, 1.165) is 31.4 Å². The molecule has 0 fully saturated rings. The molecule has 0 aliphatic heterocycles. The van der Waals surface area contributed by atoms with Crippen molar-refractivity contribution < 1.29 is 18.4 Å². The van der Waals surface area contributed by atoms with Crippen molar-refractivity contribution in [1.29, 1.82) is 0 Å². The van der Waals surface area contributed by atoms with E-state index in [0.29, 0.717) is 24.0 Å². The summed E-state index contributed by atoms with van der Waals surface area (Å²) in [7, 11) is 0. The molecule has 0 unspecified atom stereocenters. The smallest absolute Gasteiger partial charge is 0.304 e. The highest BCUT2D eigenvalue weighted by Gasteiger charge is 2.18. The van der Waals surface area contributed by atoms with Gasteiger partial charge in [-0.25, -0.2) is 28.5 Å². The number of urea groups is 1. The van der Waals surface area contributed by atoms with Crippen LogP contribution in [0.3, 0.4) is 0 Å². The van der Waals surface area contributed by atoms with Gasteiger partial charge in [0.25, 0.3) is 5.91 Å². The van der Waals surface area contributed by atoms with Gasteiger partial charge in [0.05, 0.1) is 5.69 Å². The second-order valence-corrected chi connectivity index (χ2v) is 7.24. The molecular formula is C22H24F2N6O3. The number of benzene rings is 2. The Hall–Kier alpha value is -4.02. The van der Waals surface area contributed by atoms with E-state index in [4.69, 9.17) is 0 Å². The van der Waals surface area contributed by atoms with Gasteiger partial charge in [0.1, 0.15) is 18.2 Å². The standard InChI is InChI=1S/C22H24F2N6O3/c1-2-3-7-12-30-22(33)29(20(28-30)15-8-5-4-6-9-15)14-19(31)26-27-21(32)25-18-11-10-16(23)13-17(18)24/h4-6,8-11,13H,2-3,7,12,14H2,1H3,(H,26,31)(H2,25,27,32). The Morgan fingerprint density at radius 3 is 2.48 bits per heavy atom. The lowest BCUT2D eigenvalue weighted by atomic mass is 10.2. The molecule has 3 N–H and O–H groups in total. The fourth-order valence-electron chi connectivity index (χ4n) is 3.10. The molecule has 1 aromatic heterocycles. The molecule has 2 aromatic carbocycles. The zero-order chi connectivity index (χ0) is 23.8. The highest BCUT2D eigenvalue weighted by Crippen LogP contribution is 2.16. The third-order valence-corrected chi connectivity index (χ3v) is 4.72. The van der Waals surface area contributed by atoms with Crippen molar-refractivity contribution in [2.24, 2.45) is 0 Å². The Morgan fingerprint density at radius 1 is 1.03 bits per heavy atom. The first kappa shape index (κ1) is 23.6. The average Bonchev–Trinajstić information content (AvgIpc) is 3.10. The van der Waals surface area contributed by atoms with Crippen LogP contribution in [0.25, 0.3) is 11.4 Å². The number of nitrogens with zero attached hydrogens (tertiary/aromatic N) is 3. The molecule has 0 bridgehead atoms. The summed E-state index contributed by atoms with van der Waals surface area (Å²) in [5.41, 5.74) is 4.17. The van der Waals surface area contributed by atoms with Crippen molar-refractivity contribution >= 4 is 17.6 Å². The van der Waals surface area contributed by atoms with Crippen LogP contribution in [0, 0.1) is 11.6 Å². The van der Waals surface area contributed by atoms with E-state index >= 15 is 0 Å². The number of anilines is 1. The first-order chi connectivity index (χ1) is 15.9. The van der Waals surface area contributed by atoms with Crippen LogP contribution in [0.1, 0.15) is 26.2 Å². The first-order valence-electron chi connectivity index (χ1n) is 10.4. The lowest BCUT2D eigenvalue weighted by Crippen LogP contribution is -2.46. The highest BCUT2D eigenvalue weighted by atomic mass is 19.1. The molecule has 3 rings (SSSR count). The van der Waals surface area contributed by atoms with Crippen molar-refractivity contribution in [1.82, 2.24) is 25.2 Å². The van der Waals surface area contributed by atoms with E-state index in [1.807, 2.05) is 6.07 Å². The molecule has 1 heterocycles. The summed E-state index contributed by atoms with van der Waals surface area (Å²) in [5.74, 6) is -2.13. The fourth-order valence-corrected chi connectivity index (χ4v) is 3.10. The number of rotatable bonds is 8. The molecule has 0 aliphatic carbocycles. The van der Waals surface area contributed by atoms with Gasteiger partial charge in [-0.3, -0.25) is 14.8 Å². The van der Waals surface area contributed by atoms with Gasteiger partial charge in [-0.2, -0.15) is 0 Å². The third kappa shape index (κ3) is 6.25. The van der Waals surface area contributed by atoms with Crippen LogP contribution in [0.4, 0.5) is 19.3 Å². The van der Waals surface area contributed by atoms with E-state index in [1.165, 1.54) is 9.25 Å². The summed E-state index contributed by atoms with van der Waals surface area (Å²) in [5, 5.41) is 6.53. The van der Waals surface area contributed by atoms with Gasteiger partial charge < -0.3 is 5.32 Å². The Labute approximate surface area is 188 Å². The van der Waals surface area contributed by atoms with Gasteiger partial charge >= 0.3 is 11.7 Å². The van der Waals surface area contributed by atoms with Crippen molar-refractivity contribution in [3.8, 4) is 11.4 Å². The number of hydrogen-bond acceptors (Lipinski definition) is 4. The predicted molar refractivity (Wildman–Crippen MR) is 118 cm³/mol. The number of hydrazine groups is 1. The second-order valence-electron chi connectivity index (χ2n) is 7.24. The number of hydrogen-bond donors (Lipinski definition) is 3. The minimum Gasteiger partial charge on any atom is -0.304 e. The van der Waals surface area contributed by atoms with Crippen LogP contribution in [-0.2, 0) is 17.9 Å². The molecule has 0 atom stereocenters. The minimum absolute atomic E-state index is 0.265. The topological polar surface area (TPSA) is 110 Å². The van der Waals surface area contributed by atoms with Crippen LogP contribution in [-0.4, -0.2) is 26.3 Å². The number of aromatic nitrogens is 3. The number of carbonyl (C=O) groups excluding carboxylic acids is 2. The molecule has 0 aliphatic rings. The largest absolute Gasteiger partial charge is 0.346 e. The Balaban J connectivity index is 1.68. The lowest BCUT2D eigenvalue weighted by Gasteiger charge is -2.10. The summed E-state index contributed by atoms with van der Waals surface area (Å²) < 4.78 is 29.1. The molecule has 0 saturated carbocycles. The monoisotopic (exact) mass is 458 g/mol. The summed E-state index contributed by atoms with van der Waals surface area (Å²) in [4.78, 5) is 37.2. The molecule has 0 saturated heterocycles. The maximum absolute atomic E-state index is 13.6. The molecule has 3 amide bonds. The van der Waals surface area contributed by atoms with Gasteiger partial charge in [0.2, 0.25) is 0 Å². The van der Waals surface area contributed by atoms with Gasteiger partial charge in [-0.15, -0.1) is 5.10 Å². The summed E-state index contributed by atoms with van der Waals surface area (Å²) in [6.45, 7) is 2.07. The first-order valence-corrected chi connectivity index (χ1v) is 10.4. The molecule has 0 spiro atoms. The van der Waals surface area contributed by atoms with E-state index in [9.17, 15) is 23.2 Å². The number of unbranched alkanes of at least 4 members (excludes halogenated alkanes) is 2. The van der Waals surface area contributed by atoms with E-state index in [1.54, 1.807) is 24.3 Å². The normalized spacial score (nSPS) is 10.6. The Morgan fingerprint density at radius 2 is 1.79 bits per heavy atom. The molecular weight excluding hydrogens is 434 g/mol. The number of aryl methyl sites for hydroxylation is 1. The van der Waals surface area contributed by atoms with Crippen molar-refractivity contribution in [3.63, 3.8) is 0 Å². The summed E-state index contributed by atoms with van der Waals surface area (Å²) >= 11 is 0. The van der Waals surface area contributed by atoms with Crippen LogP contribution in [0.5, 0.6) is 0 Å². The van der Waals surface area contributed by atoms with E-state index < -0.39 is 35.8 Å². The Bertz CT molecular complexity index is 1180. The van der Waals surface area contributed by atoms with E-state index in [2.05, 4.69) is 28.2 Å². The van der Waals surface area contributed by atoms with Crippen molar-refractivity contribution in [2.75, 3.05) is 5.32 Å². The number of amides is 3. The van der Waals surface area contributed by atoms with Crippen molar-refractivity contribution in [2.45, 2.75) is 39.3 Å². The van der Waals surface area contributed by atoms with Gasteiger partial charge in [-0.1, -0.05) is 50.1 Å². The van der Waals surface area contributed by atoms with E-state index in [-0.39, 0.29) is 5.69 Å². The summed E-state index contributed by atoms with van der Waals surface area (Å²) in [6.07, 6.45) is 2.70. The molecule has 9 nitrogen and oxygen atoms in total. The third-order valence-electron chi connectivity index (χ3n) is 4.72. The van der Waals surface area contributed by atoms with Gasteiger partial charge in [0.15, 0.2) is 5.82 Å². The van der Waals surface area contributed by atoms with Crippen LogP contribution in [0.2, 0.25) is 0 Å². The highest BCUT2D eigenvalue weighted by molar-refractivity contribution is 5.91. The molecule has 11 heteroatoms. The van der Waals surface area contributed by atoms with Gasteiger partial charge in [-0.05, 0) is 18.6 Å². The summed E-state index contributed by atoms with van der Waals surface area (Å²) in [6, 6.07) is 10.7. The zero-order valence-corrected chi connectivity index (χ0v) is 18.0. The fraction of sp³-hybridized carbons (Fsp3) is 0.273. The molecule has 33 heavy (non-hydrogen) atoms. The number of carbonyl (C=O) groups is 2. The van der Waals surface area contributed by atoms with Crippen molar-refractivity contribution in [3.05, 3.63) is 70.6 Å². The van der Waals surface area contributed by atoms with Crippen LogP contribution < -0.4 is 21.9 Å². The molecule has 0 radical (unpaired) electrons. The number of halogens is 2. The maximum Gasteiger partial charge on any atom is 0.346 e. The predicted octanol–water partition coefficient (Wildman–Crippen LogP) is 3.03. The average molecular weight is 458 g/mol.